The fourth-order valence-electron chi connectivity index (χ4n) is 2.95. The van der Waals surface area contributed by atoms with Crippen molar-refractivity contribution in [2.45, 2.75) is 25.8 Å². The topological polar surface area (TPSA) is 95.9 Å². The van der Waals surface area contributed by atoms with Gasteiger partial charge in [-0.05, 0) is 26.8 Å². The number of nitrogens with zero attached hydrogens (tertiary/aromatic N) is 5. The first kappa shape index (κ1) is 16.3. The Hall–Kier alpha value is -2.61. The molecule has 3 heterocycles. The van der Waals surface area contributed by atoms with Crippen LogP contribution >= 0.6 is 0 Å². The van der Waals surface area contributed by atoms with Crippen molar-refractivity contribution in [3.8, 4) is 0 Å². The van der Waals surface area contributed by atoms with Crippen LogP contribution in [0, 0.1) is 6.92 Å². The van der Waals surface area contributed by atoms with Gasteiger partial charge in [0, 0.05) is 25.0 Å². The highest BCUT2D eigenvalue weighted by atomic mass is 16.2. The van der Waals surface area contributed by atoms with Crippen LogP contribution in [0.15, 0.2) is 24.7 Å². The Morgan fingerprint density at radius 3 is 2.96 bits per heavy atom. The molecule has 1 amide bonds. The number of aromatic nitrogens is 4. The summed E-state index contributed by atoms with van der Waals surface area (Å²) in [6.07, 6.45) is 6.76. The number of nitrogens with one attached hydrogen (secondary N) is 2. The fraction of sp³-hybridized carbons (Fsp3) is 0.438. The van der Waals surface area contributed by atoms with E-state index in [-0.39, 0.29) is 11.9 Å². The predicted octanol–water partition coefficient (Wildman–Crippen LogP) is 1.20. The first-order chi connectivity index (χ1) is 11.7. The molecular weight excluding hydrogens is 306 g/mol. The lowest BCUT2D eigenvalue weighted by Gasteiger charge is -2.24. The summed E-state index contributed by atoms with van der Waals surface area (Å²) in [5.41, 5.74) is 0.857. The summed E-state index contributed by atoms with van der Waals surface area (Å²) in [5, 5.41) is 6.06. The van der Waals surface area contributed by atoms with Crippen LogP contribution in [-0.2, 0) is 4.79 Å². The molecule has 2 N–H and O–H groups in total. The second-order valence-electron chi connectivity index (χ2n) is 5.72. The van der Waals surface area contributed by atoms with Crippen molar-refractivity contribution in [1.82, 2.24) is 30.2 Å². The van der Waals surface area contributed by atoms with Gasteiger partial charge in [-0.1, -0.05) is 0 Å². The molecule has 2 aromatic heterocycles. The zero-order valence-electron chi connectivity index (χ0n) is 13.9. The fourth-order valence-corrected chi connectivity index (χ4v) is 2.95. The molecule has 24 heavy (non-hydrogen) atoms. The number of likely N-dealkylation sites (N-methyl/N-ethyl adjacent to an activating group) is 1. The van der Waals surface area contributed by atoms with Gasteiger partial charge in [0.15, 0.2) is 0 Å². The van der Waals surface area contributed by atoms with Gasteiger partial charge in [-0.15, -0.1) is 0 Å². The van der Waals surface area contributed by atoms with Gasteiger partial charge in [0.2, 0.25) is 5.91 Å². The highest BCUT2D eigenvalue weighted by molar-refractivity contribution is 5.79. The van der Waals surface area contributed by atoms with Crippen molar-refractivity contribution in [2.24, 2.45) is 0 Å². The molecule has 3 rings (SSSR count). The van der Waals surface area contributed by atoms with E-state index in [1.165, 1.54) is 0 Å². The van der Waals surface area contributed by atoms with Crippen molar-refractivity contribution in [2.75, 3.05) is 25.5 Å². The highest BCUT2D eigenvalue weighted by Gasteiger charge is 2.30. The SMILES string of the molecule is CNCC(=O)N1CCC[C@H]1c1cc(Nc2cnccn2)nc(C)n1. The maximum absolute atomic E-state index is 12.3. The lowest BCUT2D eigenvalue weighted by atomic mass is 10.1. The van der Waals surface area contributed by atoms with Gasteiger partial charge in [-0.2, -0.15) is 0 Å². The smallest absolute Gasteiger partial charge is 0.237 e. The first-order valence-corrected chi connectivity index (χ1v) is 8.00. The lowest BCUT2D eigenvalue weighted by Crippen LogP contribution is -2.37. The average molecular weight is 327 g/mol. The first-order valence-electron chi connectivity index (χ1n) is 8.00. The van der Waals surface area contributed by atoms with Crippen molar-refractivity contribution in [1.29, 1.82) is 0 Å². The molecule has 0 radical (unpaired) electrons. The van der Waals surface area contributed by atoms with E-state index in [0.717, 1.165) is 25.1 Å². The van der Waals surface area contributed by atoms with Crippen LogP contribution in [0.5, 0.6) is 0 Å². The molecule has 0 aliphatic carbocycles. The van der Waals surface area contributed by atoms with Crippen LogP contribution in [0.25, 0.3) is 0 Å². The van der Waals surface area contributed by atoms with Crippen LogP contribution < -0.4 is 10.6 Å². The van der Waals surface area contributed by atoms with Gasteiger partial charge in [0.05, 0.1) is 24.5 Å². The summed E-state index contributed by atoms with van der Waals surface area (Å²) in [5.74, 6) is 2.04. The Labute approximate surface area is 140 Å². The number of aryl methyl sites for hydroxylation is 1. The molecule has 8 nitrogen and oxygen atoms in total. The van der Waals surface area contributed by atoms with E-state index in [1.54, 1.807) is 25.6 Å². The van der Waals surface area contributed by atoms with Gasteiger partial charge >= 0.3 is 0 Å². The van der Waals surface area contributed by atoms with E-state index in [1.807, 2.05) is 17.9 Å². The van der Waals surface area contributed by atoms with Crippen LogP contribution in [0.4, 0.5) is 11.6 Å². The molecule has 0 spiro atoms. The number of rotatable bonds is 5. The third kappa shape index (κ3) is 3.65. The van der Waals surface area contributed by atoms with Crippen molar-refractivity contribution >= 4 is 17.5 Å². The lowest BCUT2D eigenvalue weighted by molar-refractivity contribution is -0.131. The molecule has 0 aromatic carbocycles. The van der Waals surface area contributed by atoms with Gasteiger partial charge in [-0.3, -0.25) is 9.78 Å². The molecule has 1 atom stereocenters. The second kappa shape index (κ2) is 7.31. The van der Waals surface area contributed by atoms with Crippen molar-refractivity contribution in [3.63, 3.8) is 0 Å². The molecular formula is C16H21N7O. The summed E-state index contributed by atoms with van der Waals surface area (Å²) in [6.45, 7) is 2.95. The molecule has 0 unspecified atom stereocenters. The predicted molar refractivity (Wildman–Crippen MR) is 89.7 cm³/mol. The summed E-state index contributed by atoms with van der Waals surface area (Å²) in [4.78, 5) is 31.3. The highest BCUT2D eigenvalue weighted by Crippen LogP contribution is 2.31. The number of carbonyl (C=O) groups excluding carboxylic acids is 1. The van der Waals surface area contributed by atoms with Gasteiger partial charge in [0.25, 0.3) is 0 Å². The third-order valence-electron chi connectivity index (χ3n) is 3.92. The van der Waals surface area contributed by atoms with Gasteiger partial charge < -0.3 is 15.5 Å². The molecule has 0 saturated carbocycles. The number of amides is 1. The minimum atomic E-state index is -0.00467. The van der Waals surface area contributed by atoms with Crippen molar-refractivity contribution < 1.29 is 4.79 Å². The minimum Gasteiger partial charge on any atom is -0.333 e. The quantitative estimate of drug-likeness (QED) is 0.852. The van der Waals surface area contributed by atoms with Crippen molar-refractivity contribution in [3.05, 3.63) is 36.2 Å². The molecule has 1 aliphatic rings. The Balaban J connectivity index is 1.84. The standard InChI is InChI=1S/C16H21N7O/c1-11-20-12(13-4-3-7-23(13)16(24)10-17-2)8-14(21-11)22-15-9-18-5-6-19-15/h5-6,8-9,13,17H,3-4,7,10H2,1-2H3,(H,19,20,21,22)/t13-/m0/s1. The Kier molecular flexibility index (Phi) is 4.95. The van der Waals surface area contributed by atoms with E-state index >= 15 is 0 Å². The Morgan fingerprint density at radius 1 is 1.33 bits per heavy atom. The number of likely N-dealkylation sites (tertiary alicyclic amines) is 1. The normalized spacial score (nSPS) is 17.1. The van der Waals surface area contributed by atoms with E-state index in [4.69, 9.17) is 0 Å². The molecule has 2 aromatic rings. The number of carbonyl (C=O) groups is 1. The molecule has 1 fully saturated rings. The number of anilines is 2. The van der Waals surface area contributed by atoms with Crippen LogP contribution in [0.1, 0.15) is 30.4 Å². The zero-order chi connectivity index (χ0) is 16.9. The summed E-state index contributed by atoms with van der Waals surface area (Å²) in [6, 6.07) is 1.88. The van der Waals surface area contributed by atoms with Gasteiger partial charge in [-0.25, -0.2) is 15.0 Å². The summed E-state index contributed by atoms with van der Waals surface area (Å²) < 4.78 is 0. The monoisotopic (exact) mass is 327 g/mol. The largest absolute Gasteiger partial charge is 0.333 e. The average Bonchev–Trinajstić information content (AvgIpc) is 3.05. The van der Waals surface area contributed by atoms with E-state index in [2.05, 4.69) is 30.6 Å². The van der Waals surface area contributed by atoms with Crippen LogP contribution in [0.2, 0.25) is 0 Å². The maximum Gasteiger partial charge on any atom is 0.237 e. The van der Waals surface area contributed by atoms with Crippen LogP contribution in [0.3, 0.4) is 0 Å². The Morgan fingerprint density at radius 2 is 2.21 bits per heavy atom. The number of hydrogen-bond donors (Lipinski definition) is 2. The molecule has 8 heteroatoms. The third-order valence-corrected chi connectivity index (χ3v) is 3.92. The molecule has 1 saturated heterocycles. The molecule has 126 valence electrons. The van der Waals surface area contributed by atoms with Gasteiger partial charge in [0.1, 0.15) is 17.5 Å². The van der Waals surface area contributed by atoms with E-state index < -0.39 is 0 Å². The zero-order valence-corrected chi connectivity index (χ0v) is 13.9. The second-order valence-corrected chi connectivity index (χ2v) is 5.72. The number of hydrogen-bond acceptors (Lipinski definition) is 7. The molecule has 1 aliphatic heterocycles. The minimum absolute atomic E-state index is 0.00467. The molecule has 0 bridgehead atoms. The van der Waals surface area contributed by atoms with E-state index in [0.29, 0.717) is 24.0 Å². The summed E-state index contributed by atoms with van der Waals surface area (Å²) in [7, 11) is 1.78. The van der Waals surface area contributed by atoms with E-state index in [9.17, 15) is 4.79 Å². The summed E-state index contributed by atoms with van der Waals surface area (Å²) >= 11 is 0. The van der Waals surface area contributed by atoms with Crippen LogP contribution in [-0.4, -0.2) is 50.9 Å². The maximum atomic E-state index is 12.3. The Bertz CT molecular complexity index is 707.